The highest BCUT2D eigenvalue weighted by Crippen LogP contribution is 2.29. The number of aryl methyl sites for hydroxylation is 2. The van der Waals surface area contributed by atoms with Crippen molar-refractivity contribution in [2.45, 2.75) is 13.8 Å². The molecule has 0 aliphatic heterocycles. The first-order valence-electron chi connectivity index (χ1n) is 12.1. The summed E-state index contributed by atoms with van der Waals surface area (Å²) in [6, 6.07) is 19.9. The molecular formula is C30H28F2N4O5. The van der Waals surface area contributed by atoms with E-state index < -0.39 is 17.6 Å². The highest BCUT2D eigenvalue weighted by Gasteiger charge is 2.13. The number of para-hydroxylation sites is 1. The average Bonchev–Trinajstić information content (AvgIpc) is 3.36. The van der Waals surface area contributed by atoms with E-state index in [4.69, 9.17) is 26.0 Å². The summed E-state index contributed by atoms with van der Waals surface area (Å²) in [6.07, 6.45) is 0. The van der Waals surface area contributed by atoms with Gasteiger partial charge in [0.25, 0.3) is 6.47 Å². The molecule has 4 aromatic carbocycles. The lowest BCUT2D eigenvalue weighted by atomic mass is 10.1. The van der Waals surface area contributed by atoms with Gasteiger partial charge in [0, 0.05) is 11.6 Å². The summed E-state index contributed by atoms with van der Waals surface area (Å²) in [5, 5.41) is 8.51. The van der Waals surface area contributed by atoms with Crippen LogP contribution < -0.4 is 20.9 Å². The van der Waals surface area contributed by atoms with E-state index in [0.29, 0.717) is 16.9 Å². The third-order valence-electron chi connectivity index (χ3n) is 5.81. The van der Waals surface area contributed by atoms with E-state index in [0.717, 1.165) is 35.1 Å². The maximum Gasteiger partial charge on any atom is 0.337 e. The minimum absolute atomic E-state index is 0.0626. The van der Waals surface area contributed by atoms with Gasteiger partial charge in [0.05, 0.1) is 29.6 Å². The first-order valence-corrected chi connectivity index (χ1v) is 12.1. The molecule has 0 atom stereocenters. The third kappa shape index (κ3) is 7.57. The van der Waals surface area contributed by atoms with Crippen molar-refractivity contribution in [3.8, 4) is 22.9 Å². The van der Waals surface area contributed by atoms with Crippen LogP contribution in [0.2, 0.25) is 0 Å². The van der Waals surface area contributed by atoms with E-state index >= 15 is 0 Å². The number of nitrogens with zero attached hydrogens (tertiary/aromatic N) is 1. The number of benzene rings is 4. The zero-order chi connectivity index (χ0) is 30.1. The second-order valence-electron chi connectivity index (χ2n) is 8.65. The number of anilines is 2. The number of nitrogens with two attached hydrogens (primary N) is 2. The molecule has 0 bridgehead atoms. The summed E-state index contributed by atoms with van der Waals surface area (Å²) in [5.74, 6) is -0.824. The van der Waals surface area contributed by atoms with Crippen LogP contribution in [0.1, 0.15) is 21.5 Å². The van der Waals surface area contributed by atoms with Crippen molar-refractivity contribution in [1.82, 2.24) is 9.97 Å². The fraction of sp³-hybridized carbons (Fsp3) is 0.100. The smallest absolute Gasteiger partial charge is 0.337 e. The fourth-order valence-corrected chi connectivity index (χ4v) is 3.76. The number of aromatic nitrogens is 2. The summed E-state index contributed by atoms with van der Waals surface area (Å²) in [6.45, 7) is 4.25. The van der Waals surface area contributed by atoms with Gasteiger partial charge >= 0.3 is 5.97 Å². The van der Waals surface area contributed by atoms with E-state index in [1.165, 1.54) is 11.6 Å². The molecule has 1 aromatic heterocycles. The van der Waals surface area contributed by atoms with E-state index in [-0.39, 0.29) is 29.2 Å². The molecule has 41 heavy (non-hydrogen) atoms. The lowest BCUT2D eigenvalue weighted by Gasteiger charge is -2.03. The van der Waals surface area contributed by atoms with Gasteiger partial charge in [-0.15, -0.1) is 0 Å². The number of aromatic carboxylic acids is 1. The monoisotopic (exact) mass is 562 g/mol. The predicted molar refractivity (Wildman–Crippen MR) is 153 cm³/mol. The number of aromatic amines is 1. The van der Waals surface area contributed by atoms with Crippen LogP contribution >= 0.6 is 0 Å². The molecule has 11 heteroatoms. The quantitative estimate of drug-likeness (QED) is 0.152. The standard InChI is InChI=1S/C15H11FN2O2.C8H10O.C7H7FN2O2/c1-9-4-2-3-5-11(9)15-17-12-6-10(16)7-13(20-8-19)14(12)18-15;1-7-5-3-4-6-8(7)9-2;8-3-1-4(7(11)12)6(10)5(9)2-3/h2-8H,1H3,(H,17,18);3-6H,1-2H3;1-2H,9-10H2,(H,11,12). The minimum atomic E-state index is -1.29. The Hall–Kier alpha value is -5.45. The molecule has 0 saturated carbocycles. The number of hydrogen-bond donors (Lipinski definition) is 4. The Kier molecular flexibility index (Phi) is 9.96. The average molecular weight is 563 g/mol. The number of carboxylic acid groups (broad SMARTS) is 1. The van der Waals surface area contributed by atoms with Gasteiger partial charge in [-0.2, -0.15) is 0 Å². The zero-order valence-electron chi connectivity index (χ0n) is 22.4. The predicted octanol–water partition coefficient (Wildman–Crippen LogP) is 5.90. The normalized spacial score (nSPS) is 10.1. The molecule has 0 fully saturated rings. The first-order chi connectivity index (χ1) is 19.5. The Balaban J connectivity index is 0.000000187. The lowest BCUT2D eigenvalue weighted by Crippen LogP contribution is -2.06. The second kappa shape index (κ2) is 13.6. The fourth-order valence-electron chi connectivity index (χ4n) is 3.76. The molecule has 9 nitrogen and oxygen atoms in total. The second-order valence-corrected chi connectivity index (χ2v) is 8.65. The Morgan fingerprint density at radius 3 is 2.15 bits per heavy atom. The Labute approximate surface area is 234 Å². The van der Waals surface area contributed by atoms with Gasteiger partial charge in [0.15, 0.2) is 5.75 Å². The molecule has 0 aliphatic rings. The molecule has 0 aliphatic carbocycles. The number of H-pyrrole nitrogens is 1. The van der Waals surface area contributed by atoms with Crippen molar-refractivity contribution in [2.24, 2.45) is 0 Å². The number of imidazole rings is 1. The summed E-state index contributed by atoms with van der Waals surface area (Å²) < 4.78 is 35.9. The number of fused-ring (bicyclic) bond motifs is 1. The SMILES string of the molecule is COc1ccccc1C.Cc1ccccc1-c1nc2c(OC=O)cc(F)cc2[nH]1.Nc1cc(F)cc(C(=O)O)c1N. The Morgan fingerprint density at radius 1 is 0.927 bits per heavy atom. The van der Waals surface area contributed by atoms with Crippen molar-refractivity contribution < 1.29 is 33.0 Å². The van der Waals surface area contributed by atoms with Crippen LogP contribution in [0.3, 0.4) is 0 Å². The number of carbonyl (C=O) groups excluding carboxylic acids is 1. The molecule has 1 heterocycles. The largest absolute Gasteiger partial charge is 0.496 e. The van der Waals surface area contributed by atoms with Crippen LogP contribution in [-0.4, -0.2) is 34.6 Å². The van der Waals surface area contributed by atoms with Gasteiger partial charge in [-0.3, -0.25) is 4.79 Å². The highest BCUT2D eigenvalue weighted by atomic mass is 19.1. The molecule has 0 unspecified atom stereocenters. The molecule has 0 amide bonds. The summed E-state index contributed by atoms with van der Waals surface area (Å²) in [7, 11) is 1.68. The molecule has 6 N–H and O–H groups in total. The van der Waals surface area contributed by atoms with Crippen LogP contribution in [0.5, 0.6) is 11.5 Å². The summed E-state index contributed by atoms with van der Waals surface area (Å²) in [5.41, 5.74) is 14.1. The van der Waals surface area contributed by atoms with Crippen molar-refractivity contribution >= 4 is 34.8 Å². The summed E-state index contributed by atoms with van der Waals surface area (Å²) in [4.78, 5) is 28.3. The van der Waals surface area contributed by atoms with Gasteiger partial charge in [-0.1, -0.05) is 42.5 Å². The minimum Gasteiger partial charge on any atom is -0.496 e. The first kappa shape index (κ1) is 30.1. The van der Waals surface area contributed by atoms with Crippen molar-refractivity contribution in [2.75, 3.05) is 18.6 Å². The van der Waals surface area contributed by atoms with Crippen molar-refractivity contribution in [3.05, 3.63) is 101 Å². The molecule has 5 aromatic rings. The zero-order valence-corrected chi connectivity index (χ0v) is 22.4. The van der Waals surface area contributed by atoms with Crippen LogP contribution in [0.25, 0.3) is 22.4 Å². The maximum absolute atomic E-state index is 13.5. The molecule has 0 radical (unpaired) electrons. The van der Waals surface area contributed by atoms with Crippen LogP contribution in [0, 0.1) is 25.5 Å². The number of carboxylic acids is 1. The molecular weight excluding hydrogens is 534 g/mol. The number of nitrogens with one attached hydrogen (secondary N) is 1. The third-order valence-corrected chi connectivity index (χ3v) is 5.81. The lowest BCUT2D eigenvalue weighted by molar-refractivity contribution is -0.120. The van der Waals surface area contributed by atoms with Crippen LogP contribution in [-0.2, 0) is 4.79 Å². The number of hydrogen-bond acceptors (Lipinski definition) is 7. The highest BCUT2D eigenvalue weighted by molar-refractivity contribution is 5.96. The number of ether oxygens (including phenoxy) is 2. The maximum atomic E-state index is 13.5. The topological polar surface area (TPSA) is 154 Å². The molecule has 0 spiro atoms. The number of halogens is 2. The Morgan fingerprint density at radius 2 is 1.56 bits per heavy atom. The number of nitrogen functional groups attached to an aromatic ring is 2. The number of carbonyl (C=O) groups is 2. The van der Waals surface area contributed by atoms with Crippen LogP contribution in [0.15, 0.2) is 72.8 Å². The van der Waals surface area contributed by atoms with Crippen molar-refractivity contribution in [3.63, 3.8) is 0 Å². The summed E-state index contributed by atoms with van der Waals surface area (Å²) >= 11 is 0. The van der Waals surface area contributed by atoms with E-state index in [9.17, 15) is 18.4 Å². The van der Waals surface area contributed by atoms with Gasteiger partial charge in [-0.05, 0) is 49.2 Å². The van der Waals surface area contributed by atoms with Gasteiger partial charge in [-0.25, -0.2) is 18.6 Å². The van der Waals surface area contributed by atoms with E-state index in [2.05, 4.69) is 9.97 Å². The molecule has 0 saturated heterocycles. The van der Waals surface area contributed by atoms with Gasteiger partial charge in [0.1, 0.15) is 28.7 Å². The Bertz CT molecular complexity index is 1690. The number of methoxy groups -OCH3 is 1. The van der Waals surface area contributed by atoms with Gasteiger partial charge < -0.3 is 31.0 Å². The number of rotatable bonds is 5. The van der Waals surface area contributed by atoms with Crippen molar-refractivity contribution in [1.29, 1.82) is 0 Å². The van der Waals surface area contributed by atoms with Gasteiger partial charge in [0.2, 0.25) is 0 Å². The van der Waals surface area contributed by atoms with E-state index in [1.54, 1.807) is 7.11 Å². The van der Waals surface area contributed by atoms with E-state index in [1.807, 2.05) is 62.4 Å². The van der Waals surface area contributed by atoms with Crippen LogP contribution in [0.4, 0.5) is 20.2 Å². The molecule has 5 rings (SSSR count). The molecule has 212 valence electrons.